The molecule has 0 saturated heterocycles. The van der Waals surface area contributed by atoms with Crippen molar-refractivity contribution < 1.29 is 9.47 Å². The van der Waals surface area contributed by atoms with Crippen LogP contribution in [0.3, 0.4) is 0 Å². The van der Waals surface area contributed by atoms with E-state index < -0.39 is 0 Å². The quantitative estimate of drug-likeness (QED) is 0.0582. The molecular formula is C39H77NO2. The predicted octanol–water partition coefficient (Wildman–Crippen LogP) is 12.4. The molecule has 0 spiro atoms. The fourth-order valence-electron chi connectivity index (χ4n) is 5.42. The average Bonchev–Trinajstić information content (AvgIpc) is 3.00. The first-order valence-electron chi connectivity index (χ1n) is 19.0. The lowest BCUT2D eigenvalue weighted by Crippen LogP contribution is -2.31. The highest BCUT2D eigenvalue weighted by atomic mass is 16.5. The first-order valence-corrected chi connectivity index (χ1v) is 19.0. The van der Waals surface area contributed by atoms with Gasteiger partial charge in [-0.3, -0.25) is 0 Å². The van der Waals surface area contributed by atoms with Crippen molar-refractivity contribution >= 4 is 0 Å². The molecule has 250 valence electrons. The van der Waals surface area contributed by atoms with Gasteiger partial charge >= 0.3 is 0 Å². The van der Waals surface area contributed by atoms with Crippen molar-refractivity contribution in [1.29, 1.82) is 0 Å². The summed E-state index contributed by atoms with van der Waals surface area (Å²) in [5.74, 6) is 0. The van der Waals surface area contributed by atoms with E-state index in [1.54, 1.807) is 0 Å². The predicted molar refractivity (Wildman–Crippen MR) is 189 cm³/mol. The number of hydrogen-bond donors (Lipinski definition) is 1. The van der Waals surface area contributed by atoms with Gasteiger partial charge in [-0.25, -0.2) is 0 Å². The number of unbranched alkanes of at least 4 members (excludes halogenated alkanes) is 24. The summed E-state index contributed by atoms with van der Waals surface area (Å²) in [6.45, 7) is 7.49. The van der Waals surface area contributed by atoms with Gasteiger partial charge < -0.3 is 15.2 Å². The van der Waals surface area contributed by atoms with Gasteiger partial charge in [-0.1, -0.05) is 154 Å². The zero-order chi connectivity index (χ0) is 30.4. The molecule has 0 aliphatic heterocycles. The van der Waals surface area contributed by atoms with Crippen LogP contribution in [0.15, 0.2) is 24.3 Å². The maximum absolute atomic E-state index is 6.16. The van der Waals surface area contributed by atoms with E-state index in [9.17, 15) is 0 Å². The molecule has 0 aliphatic rings. The lowest BCUT2D eigenvalue weighted by atomic mass is 10.1. The van der Waals surface area contributed by atoms with Crippen molar-refractivity contribution in [3.05, 3.63) is 24.3 Å². The van der Waals surface area contributed by atoms with Crippen molar-refractivity contribution in [3.63, 3.8) is 0 Å². The highest BCUT2D eigenvalue weighted by Gasteiger charge is 2.03. The summed E-state index contributed by atoms with van der Waals surface area (Å²) in [4.78, 5) is 0. The summed E-state index contributed by atoms with van der Waals surface area (Å²) in [5, 5.41) is 0. The van der Waals surface area contributed by atoms with Crippen molar-refractivity contribution in [2.45, 2.75) is 200 Å². The second-order valence-electron chi connectivity index (χ2n) is 12.8. The summed E-state index contributed by atoms with van der Waals surface area (Å²) in [6.07, 6.45) is 47.1. The molecule has 0 bridgehead atoms. The van der Waals surface area contributed by atoms with Crippen LogP contribution in [-0.4, -0.2) is 32.5 Å². The van der Waals surface area contributed by atoms with Gasteiger partial charge in [0.1, 0.15) is 0 Å². The van der Waals surface area contributed by atoms with E-state index in [0.717, 1.165) is 26.1 Å². The summed E-state index contributed by atoms with van der Waals surface area (Å²) < 4.78 is 11.6. The topological polar surface area (TPSA) is 44.5 Å². The average molecular weight is 592 g/mol. The number of allylic oxidation sites excluding steroid dienone is 4. The SMILES string of the molecule is CCCCCCCC/C=C\CCCCCCCCOCC(N)COCCCCCCCC/C=C\CCCCCCCC. The number of hydrogen-bond acceptors (Lipinski definition) is 3. The Morgan fingerprint density at radius 3 is 0.952 bits per heavy atom. The number of nitrogens with two attached hydrogens (primary N) is 1. The van der Waals surface area contributed by atoms with Crippen LogP contribution in [-0.2, 0) is 9.47 Å². The standard InChI is InChI=1S/C39H77NO2/c1-3-5-7-9-11-13-15-17-19-21-23-25-27-29-31-33-35-41-37-39(40)38-42-36-34-32-30-28-26-24-22-20-18-16-14-12-10-8-6-4-2/h17-20,39H,3-16,21-38,40H2,1-2H3/b19-17-,20-18-. The maximum atomic E-state index is 6.16. The highest BCUT2D eigenvalue weighted by molar-refractivity contribution is 4.82. The first kappa shape index (κ1) is 41.4. The van der Waals surface area contributed by atoms with E-state index in [4.69, 9.17) is 15.2 Å². The van der Waals surface area contributed by atoms with E-state index in [1.165, 1.54) is 167 Å². The van der Waals surface area contributed by atoms with Gasteiger partial charge in [0, 0.05) is 13.2 Å². The highest BCUT2D eigenvalue weighted by Crippen LogP contribution is 2.11. The van der Waals surface area contributed by atoms with Gasteiger partial charge in [0.2, 0.25) is 0 Å². The van der Waals surface area contributed by atoms with Crippen molar-refractivity contribution in [2.75, 3.05) is 26.4 Å². The minimum Gasteiger partial charge on any atom is -0.380 e. The third-order valence-corrected chi connectivity index (χ3v) is 8.26. The first-order chi connectivity index (χ1) is 20.8. The molecule has 0 fully saturated rings. The van der Waals surface area contributed by atoms with E-state index in [-0.39, 0.29) is 6.04 Å². The van der Waals surface area contributed by atoms with E-state index >= 15 is 0 Å². The molecule has 2 N–H and O–H groups in total. The molecule has 0 heterocycles. The molecule has 0 atom stereocenters. The zero-order valence-electron chi connectivity index (χ0n) is 28.9. The van der Waals surface area contributed by atoms with Crippen LogP contribution in [0.2, 0.25) is 0 Å². The Morgan fingerprint density at radius 2 is 0.643 bits per heavy atom. The Bertz CT molecular complexity index is 486. The van der Waals surface area contributed by atoms with Gasteiger partial charge in [-0.15, -0.1) is 0 Å². The zero-order valence-corrected chi connectivity index (χ0v) is 28.9. The fraction of sp³-hybridized carbons (Fsp3) is 0.897. The van der Waals surface area contributed by atoms with Crippen molar-refractivity contribution in [2.24, 2.45) is 5.73 Å². The molecule has 0 aromatic rings. The summed E-state index contributed by atoms with van der Waals surface area (Å²) in [7, 11) is 0. The van der Waals surface area contributed by atoms with Crippen LogP contribution in [0, 0.1) is 0 Å². The van der Waals surface area contributed by atoms with Crippen LogP contribution < -0.4 is 5.73 Å². The minimum absolute atomic E-state index is 0.00762. The Labute approximate surface area is 265 Å². The smallest absolute Gasteiger partial charge is 0.0640 e. The molecule has 0 rings (SSSR count). The van der Waals surface area contributed by atoms with Gasteiger partial charge in [0.15, 0.2) is 0 Å². The van der Waals surface area contributed by atoms with E-state index in [2.05, 4.69) is 38.2 Å². The third kappa shape index (κ3) is 37.4. The monoisotopic (exact) mass is 592 g/mol. The molecule has 3 heteroatoms. The molecular weight excluding hydrogens is 514 g/mol. The van der Waals surface area contributed by atoms with Crippen LogP contribution in [0.5, 0.6) is 0 Å². The van der Waals surface area contributed by atoms with Crippen LogP contribution >= 0.6 is 0 Å². The molecule has 0 saturated carbocycles. The molecule has 0 radical (unpaired) electrons. The summed E-state index contributed by atoms with van der Waals surface area (Å²) in [6, 6.07) is 0.00762. The fourth-order valence-corrected chi connectivity index (χ4v) is 5.42. The summed E-state index contributed by atoms with van der Waals surface area (Å²) in [5.41, 5.74) is 6.16. The minimum atomic E-state index is 0.00762. The number of ether oxygens (including phenoxy) is 2. The largest absolute Gasteiger partial charge is 0.380 e. The molecule has 42 heavy (non-hydrogen) atoms. The summed E-state index contributed by atoms with van der Waals surface area (Å²) >= 11 is 0. The third-order valence-electron chi connectivity index (χ3n) is 8.26. The normalized spacial score (nSPS) is 12.1. The molecule has 0 aliphatic carbocycles. The molecule has 0 unspecified atom stereocenters. The second kappa shape index (κ2) is 38.4. The lowest BCUT2D eigenvalue weighted by molar-refractivity contribution is 0.0644. The molecule has 3 nitrogen and oxygen atoms in total. The molecule has 0 aromatic heterocycles. The van der Waals surface area contributed by atoms with Crippen molar-refractivity contribution in [3.8, 4) is 0 Å². The Morgan fingerprint density at radius 1 is 0.381 bits per heavy atom. The van der Waals surface area contributed by atoms with Crippen LogP contribution in [0.1, 0.15) is 194 Å². The maximum Gasteiger partial charge on any atom is 0.0640 e. The van der Waals surface area contributed by atoms with Gasteiger partial charge in [0.25, 0.3) is 0 Å². The van der Waals surface area contributed by atoms with Crippen LogP contribution in [0.4, 0.5) is 0 Å². The van der Waals surface area contributed by atoms with E-state index in [0.29, 0.717) is 13.2 Å². The van der Waals surface area contributed by atoms with Crippen molar-refractivity contribution in [1.82, 2.24) is 0 Å². The number of rotatable bonds is 36. The Hall–Kier alpha value is -0.640. The molecule has 0 aromatic carbocycles. The van der Waals surface area contributed by atoms with Crippen LogP contribution in [0.25, 0.3) is 0 Å². The second-order valence-corrected chi connectivity index (χ2v) is 12.8. The van der Waals surface area contributed by atoms with Gasteiger partial charge in [0.05, 0.1) is 19.3 Å². The lowest BCUT2D eigenvalue weighted by Gasteiger charge is -2.12. The Kier molecular flexibility index (Phi) is 37.8. The molecule has 0 amide bonds. The van der Waals surface area contributed by atoms with Gasteiger partial charge in [-0.05, 0) is 64.2 Å². The van der Waals surface area contributed by atoms with E-state index in [1.807, 2.05) is 0 Å². The Balaban J connectivity index is 3.21. The van der Waals surface area contributed by atoms with Gasteiger partial charge in [-0.2, -0.15) is 0 Å².